The van der Waals surface area contributed by atoms with Crippen LogP contribution in [0.5, 0.6) is 0 Å². The Morgan fingerprint density at radius 3 is 2.07 bits per heavy atom. The second-order valence-corrected chi connectivity index (χ2v) is 8.38. The first kappa shape index (κ1) is 19.8. The number of carbonyl (C=O) groups is 1. The monoisotopic (exact) mass is 530 g/mol. The maximum atomic E-state index is 12.7. The molecule has 8 heteroatoms. The third kappa shape index (κ3) is 4.58. The Labute approximate surface area is 189 Å². The van der Waals surface area contributed by atoms with E-state index in [0.29, 0.717) is 16.5 Å². The van der Waals surface area contributed by atoms with Crippen molar-refractivity contribution in [3.05, 3.63) is 92.6 Å². The van der Waals surface area contributed by atoms with Gasteiger partial charge in [0.25, 0.3) is 5.91 Å². The first-order chi connectivity index (χ1) is 14.0. The number of carbonyl (C=O) groups excluding carboxylic acids is 1. The lowest BCUT2D eigenvalue weighted by atomic mass is 10.2. The summed E-state index contributed by atoms with van der Waals surface area (Å²) in [5.74, 6) is 0.236. The van der Waals surface area contributed by atoms with Crippen molar-refractivity contribution >= 4 is 55.1 Å². The van der Waals surface area contributed by atoms with Gasteiger partial charge in [0.15, 0.2) is 5.82 Å². The zero-order chi connectivity index (χ0) is 20.4. The topological polar surface area (TPSA) is 59.8 Å². The number of halogens is 3. The summed E-state index contributed by atoms with van der Waals surface area (Å²) in [6, 6.07) is 22.2. The summed E-state index contributed by atoms with van der Waals surface area (Å²) in [7, 11) is 0. The standard InChI is InChI=1S/C21H13Br2ClN4O/c22-14-3-1-13(2-4-14)20-26-19(21(29)25-17-9-5-15(23)6-10-17)27-28(20)18-11-7-16(24)8-12-18/h1-12H,(H,25,29). The molecule has 0 saturated heterocycles. The highest BCUT2D eigenvalue weighted by atomic mass is 79.9. The Balaban J connectivity index is 1.74. The summed E-state index contributed by atoms with van der Waals surface area (Å²) in [6.45, 7) is 0. The van der Waals surface area contributed by atoms with Crippen molar-refractivity contribution < 1.29 is 4.79 Å². The van der Waals surface area contributed by atoms with Crippen LogP contribution in [0.1, 0.15) is 10.6 Å². The predicted molar refractivity (Wildman–Crippen MR) is 122 cm³/mol. The lowest BCUT2D eigenvalue weighted by Crippen LogP contribution is -2.14. The molecule has 144 valence electrons. The van der Waals surface area contributed by atoms with Gasteiger partial charge in [-0.15, -0.1) is 5.10 Å². The molecule has 1 heterocycles. The number of nitrogens with one attached hydrogen (secondary N) is 1. The van der Waals surface area contributed by atoms with Gasteiger partial charge < -0.3 is 5.32 Å². The smallest absolute Gasteiger partial charge is 0.295 e. The number of benzene rings is 3. The first-order valence-electron chi connectivity index (χ1n) is 8.55. The number of hydrogen-bond donors (Lipinski definition) is 1. The molecule has 0 atom stereocenters. The van der Waals surface area contributed by atoms with Crippen molar-refractivity contribution in [3.8, 4) is 17.1 Å². The SMILES string of the molecule is O=C(Nc1ccc(Br)cc1)c1nc(-c2ccc(Br)cc2)n(-c2ccc(Cl)cc2)n1. The maximum Gasteiger partial charge on any atom is 0.295 e. The molecule has 1 N–H and O–H groups in total. The molecular formula is C21H13Br2ClN4O. The van der Waals surface area contributed by atoms with E-state index < -0.39 is 5.91 Å². The van der Waals surface area contributed by atoms with Crippen molar-refractivity contribution in [3.63, 3.8) is 0 Å². The normalized spacial score (nSPS) is 10.7. The van der Waals surface area contributed by atoms with Gasteiger partial charge in [0.2, 0.25) is 5.82 Å². The Morgan fingerprint density at radius 1 is 0.862 bits per heavy atom. The van der Waals surface area contributed by atoms with E-state index in [-0.39, 0.29) is 5.82 Å². The fourth-order valence-electron chi connectivity index (χ4n) is 2.68. The van der Waals surface area contributed by atoms with E-state index in [0.717, 1.165) is 20.2 Å². The number of amides is 1. The second kappa shape index (κ2) is 8.49. The van der Waals surface area contributed by atoms with Crippen LogP contribution >= 0.6 is 43.5 Å². The fourth-order valence-corrected chi connectivity index (χ4v) is 3.33. The van der Waals surface area contributed by atoms with Crippen LogP contribution in [0.2, 0.25) is 5.02 Å². The van der Waals surface area contributed by atoms with Crippen LogP contribution in [0.15, 0.2) is 81.7 Å². The van der Waals surface area contributed by atoms with Crippen LogP contribution in [0, 0.1) is 0 Å². The lowest BCUT2D eigenvalue weighted by molar-refractivity contribution is 0.101. The summed E-state index contributed by atoms with van der Waals surface area (Å²) in [6.07, 6.45) is 0. The van der Waals surface area contributed by atoms with Crippen LogP contribution in [-0.2, 0) is 0 Å². The van der Waals surface area contributed by atoms with Crippen molar-refractivity contribution in [2.45, 2.75) is 0 Å². The molecule has 29 heavy (non-hydrogen) atoms. The molecule has 4 aromatic rings. The van der Waals surface area contributed by atoms with Gasteiger partial charge in [-0.1, -0.05) is 55.6 Å². The minimum absolute atomic E-state index is 0.0702. The Bertz CT molecular complexity index is 1090. The third-order valence-corrected chi connectivity index (χ3v) is 5.40. The predicted octanol–water partition coefficient (Wildman–Crippen LogP) is 6.37. The van der Waals surface area contributed by atoms with Crippen molar-refractivity contribution in [2.24, 2.45) is 0 Å². The number of nitrogens with zero attached hydrogens (tertiary/aromatic N) is 3. The highest BCUT2D eigenvalue weighted by Crippen LogP contribution is 2.24. The molecule has 3 aromatic carbocycles. The van der Waals surface area contributed by atoms with Crippen LogP contribution in [0.3, 0.4) is 0 Å². The molecule has 1 amide bonds. The van der Waals surface area contributed by atoms with E-state index >= 15 is 0 Å². The Morgan fingerprint density at radius 2 is 1.45 bits per heavy atom. The van der Waals surface area contributed by atoms with Crippen molar-refractivity contribution in [2.75, 3.05) is 5.32 Å². The molecule has 0 unspecified atom stereocenters. The number of hydrogen-bond acceptors (Lipinski definition) is 3. The van der Waals surface area contributed by atoms with Gasteiger partial charge in [-0.3, -0.25) is 4.79 Å². The van der Waals surface area contributed by atoms with Crippen LogP contribution in [0.25, 0.3) is 17.1 Å². The van der Waals surface area contributed by atoms with Crippen LogP contribution in [0.4, 0.5) is 5.69 Å². The molecule has 0 saturated carbocycles. The van der Waals surface area contributed by atoms with Crippen LogP contribution < -0.4 is 5.32 Å². The van der Waals surface area contributed by atoms with Crippen LogP contribution in [-0.4, -0.2) is 20.7 Å². The molecule has 0 aliphatic carbocycles. The number of rotatable bonds is 4. The second-order valence-electron chi connectivity index (χ2n) is 6.12. The first-order valence-corrected chi connectivity index (χ1v) is 10.5. The molecule has 0 spiro atoms. The maximum absolute atomic E-state index is 12.7. The van der Waals surface area contributed by atoms with Gasteiger partial charge in [-0.2, -0.15) is 0 Å². The minimum atomic E-state index is -0.390. The van der Waals surface area contributed by atoms with E-state index in [1.807, 2.05) is 48.5 Å². The Kier molecular flexibility index (Phi) is 5.80. The summed E-state index contributed by atoms with van der Waals surface area (Å²) in [5.41, 5.74) is 2.24. The minimum Gasteiger partial charge on any atom is -0.319 e. The molecule has 0 aliphatic rings. The molecule has 0 aliphatic heterocycles. The average molecular weight is 533 g/mol. The number of aromatic nitrogens is 3. The summed E-state index contributed by atoms with van der Waals surface area (Å²) >= 11 is 12.8. The molecule has 1 aromatic heterocycles. The van der Waals surface area contributed by atoms with Gasteiger partial charge in [0, 0.05) is 25.2 Å². The van der Waals surface area contributed by atoms with Gasteiger partial charge in [-0.25, -0.2) is 9.67 Å². The molecule has 0 fully saturated rings. The summed E-state index contributed by atoms with van der Waals surface area (Å²) < 4.78 is 3.51. The molecule has 5 nitrogen and oxygen atoms in total. The van der Waals surface area contributed by atoms with Crippen molar-refractivity contribution in [1.82, 2.24) is 14.8 Å². The zero-order valence-electron chi connectivity index (χ0n) is 14.8. The molecule has 0 bridgehead atoms. The molecule has 0 radical (unpaired) electrons. The summed E-state index contributed by atoms with van der Waals surface area (Å²) in [4.78, 5) is 17.3. The van der Waals surface area contributed by atoms with Gasteiger partial charge in [0.05, 0.1) is 5.69 Å². The molecule has 4 rings (SSSR count). The highest BCUT2D eigenvalue weighted by molar-refractivity contribution is 9.10. The van der Waals surface area contributed by atoms with E-state index in [9.17, 15) is 4.79 Å². The Hall–Kier alpha value is -2.48. The quantitative estimate of drug-likeness (QED) is 0.333. The summed E-state index contributed by atoms with van der Waals surface area (Å²) in [5, 5.41) is 7.89. The number of anilines is 1. The molecular weight excluding hydrogens is 520 g/mol. The average Bonchev–Trinajstić information content (AvgIpc) is 3.16. The third-order valence-electron chi connectivity index (χ3n) is 4.09. The van der Waals surface area contributed by atoms with Gasteiger partial charge in [-0.05, 0) is 60.7 Å². The zero-order valence-corrected chi connectivity index (χ0v) is 18.7. The largest absolute Gasteiger partial charge is 0.319 e. The van der Waals surface area contributed by atoms with E-state index in [1.165, 1.54) is 0 Å². The van der Waals surface area contributed by atoms with Gasteiger partial charge >= 0.3 is 0 Å². The van der Waals surface area contributed by atoms with E-state index in [4.69, 9.17) is 11.6 Å². The van der Waals surface area contributed by atoms with E-state index in [1.54, 1.807) is 28.9 Å². The van der Waals surface area contributed by atoms with E-state index in [2.05, 4.69) is 47.3 Å². The fraction of sp³-hybridized carbons (Fsp3) is 0. The van der Waals surface area contributed by atoms with Gasteiger partial charge in [0.1, 0.15) is 0 Å². The highest BCUT2D eigenvalue weighted by Gasteiger charge is 2.19. The van der Waals surface area contributed by atoms with Crippen molar-refractivity contribution in [1.29, 1.82) is 0 Å². The lowest BCUT2D eigenvalue weighted by Gasteiger charge is -2.06.